The lowest BCUT2D eigenvalue weighted by Crippen LogP contribution is -2.29. The molecule has 0 aromatic heterocycles. The summed E-state index contributed by atoms with van der Waals surface area (Å²) < 4.78 is 24.7. The van der Waals surface area contributed by atoms with E-state index in [-0.39, 0.29) is 41.1 Å². The van der Waals surface area contributed by atoms with Gasteiger partial charge in [-0.3, -0.25) is 19.8 Å². The zero-order chi connectivity index (χ0) is 17.6. The lowest BCUT2D eigenvalue weighted by molar-refractivity contribution is -0.385. The molecule has 2 heterocycles. The average Bonchev–Trinajstić information content (AvgIpc) is 3.20. The highest BCUT2D eigenvalue weighted by Crippen LogP contribution is 2.48. The third-order valence-corrected chi connectivity index (χ3v) is 5.16. The molecule has 2 aromatic rings. The number of hydrogen-bond acceptors (Lipinski definition) is 6. The number of rotatable bonds is 3. The first-order valence-electron chi connectivity index (χ1n) is 7.32. The number of amides is 1. The van der Waals surface area contributed by atoms with Crippen molar-refractivity contribution in [3.63, 3.8) is 0 Å². The molecule has 2 aliphatic rings. The van der Waals surface area contributed by atoms with Gasteiger partial charge in [-0.25, -0.2) is 4.39 Å². The Morgan fingerprint density at radius 2 is 1.96 bits per heavy atom. The van der Waals surface area contributed by atoms with Crippen molar-refractivity contribution in [1.29, 1.82) is 0 Å². The number of halogens is 1. The summed E-state index contributed by atoms with van der Waals surface area (Å²) in [6.45, 7) is -0.0241. The second-order valence-electron chi connectivity index (χ2n) is 5.40. The standard InChI is InChI=1S/C16H11FN2O5S/c17-10-3-1-2-4-11(10)18-15(20)7-25-16(18)9-5-13-14(24-8-23-13)6-12(9)19(21)22/h1-6,16H,7-8H2. The Morgan fingerprint density at radius 3 is 2.68 bits per heavy atom. The second-order valence-corrected chi connectivity index (χ2v) is 6.47. The molecule has 128 valence electrons. The van der Waals surface area contributed by atoms with Crippen LogP contribution in [0.5, 0.6) is 11.5 Å². The summed E-state index contributed by atoms with van der Waals surface area (Å²) in [4.78, 5) is 24.5. The van der Waals surface area contributed by atoms with E-state index in [0.29, 0.717) is 5.75 Å². The van der Waals surface area contributed by atoms with Gasteiger partial charge in [0.15, 0.2) is 11.5 Å². The van der Waals surface area contributed by atoms with Crippen LogP contribution in [0.15, 0.2) is 36.4 Å². The SMILES string of the molecule is O=C1CSC(c2cc3c(cc2[N+](=O)[O-])OCO3)N1c1ccccc1F. The number of hydrogen-bond donors (Lipinski definition) is 0. The summed E-state index contributed by atoms with van der Waals surface area (Å²) in [5, 5.41) is 10.8. The summed E-state index contributed by atoms with van der Waals surface area (Å²) in [5.41, 5.74) is 0.167. The van der Waals surface area contributed by atoms with Crippen molar-refractivity contribution in [2.75, 3.05) is 17.4 Å². The third-order valence-electron chi connectivity index (χ3n) is 3.96. The van der Waals surface area contributed by atoms with Crippen LogP contribution in [0.1, 0.15) is 10.9 Å². The van der Waals surface area contributed by atoms with Gasteiger partial charge >= 0.3 is 0 Å². The minimum atomic E-state index is -0.723. The van der Waals surface area contributed by atoms with Gasteiger partial charge in [0, 0.05) is 0 Å². The number of carbonyl (C=O) groups is 1. The Balaban J connectivity index is 1.85. The van der Waals surface area contributed by atoms with Gasteiger partial charge in [0.2, 0.25) is 12.7 Å². The maximum Gasteiger partial charge on any atom is 0.279 e. The van der Waals surface area contributed by atoms with E-state index in [1.165, 1.54) is 47.0 Å². The van der Waals surface area contributed by atoms with Crippen LogP contribution in [-0.2, 0) is 4.79 Å². The zero-order valence-corrected chi connectivity index (χ0v) is 13.5. The molecule has 0 bridgehead atoms. The van der Waals surface area contributed by atoms with Gasteiger partial charge in [-0.05, 0) is 18.2 Å². The smallest absolute Gasteiger partial charge is 0.279 e. The molecular weight excluding hydrogens is 351 g/mol. The van der Waals surface area contributed by atoms with E-state index in [0.717, 1.165) is 0 Å². The van der Waals surface area contributed by atoms with E-state index in [9.17, 15) is 19.3 Å². The van der Waals surface area contributed by atoms with E-state index in [2.05, 4.69) is 0 Å². The van der Waals surface area contributed by atoms with E-state index < -0.39 is 16.1 Å². The van der Waals surface area contributed by atoms with Crippen LogP contribution in [0, 0.1) is 15.9 Å². The Hall–Kier alpha value is -2.81. The van der Waals surface area contributed by atoms with Crippen LogP contribution in [0.2, 0.25) is 0 Å². The first-order chi connectivity index (χ1) is 12.1. The molecule has 1 saturated heterocycles. The largest absolute Gasteiger partial charge is 0.454 e. The van der Waals surface area contributed by atoms with Crippen molar-refractivity contribution in [3.05, 3.63) is 57.9 Å². The zero-order valence-electron chi connectivity index (χ0n) is 12.7. The van der Waals surface area contributed by atoms with Gasteiger partial charge in [-0.1, -0.05) is 12.1 Å². The fraction of sp³-hybridized carbons (Fsp3) is 0.188. The van der Waals surface area contributed by atoms with Gasteiger partial charge in [0.25, 0.3) is 5.69 Å². The number of thioether (sulfide) groups is 1. The van der Waals surface area contributed by atoms with Crippen LogP contribution in [0.4, 0.5) is 15.8 Å². The Bertz CT molecular complexity index is 891. The maximum atomic E-state index is 14.2. The predicted molar refractivity (Wildman–Crippen MR) is 88.3 cm³/mol. The monoisotopic (exact) mass is 362 g/mol. The molecule has 1 fully saturated rings. The Morgan fingerprint density at radius 1 is 1.24 bits per heavy atom. The van der Waals surface area contributed by atoms with Crippen molar-refractivity contribution in [3.8, 4) is 11.5 Å². The fourth-order valence-electron chi connectivity index (χ4n) is 2.86. The molecule has 0 spiro atoms. The maximum absolute atomic E-state index is 14.2. The first kappa shape index (κ1) is 15.7. The normalized spacial score (nSPS) is 18.7. The van der Waals surface area contributed by atoms with E-state index in [1.807, 2.05) is 0 Å². The summed E-state index contributed by atoms with van der Waals surface area (Å²) in [6, 6.07) is 8.62. The molecule has 0 N–H and O–H groups in total. The molecule has 25 heavy (non-hydrogen) atoms. The van der Waals surface area contributed by atoms with E-state index >= 15 is 0 Å². The molecule has 4 rings (SSSR count). The van der Waals surface area contributed by atoms with Crippen LogP contribution in [-0.4, -0.2) is 23.4 Å². The number of benzene rings is 2. The van der Waals surface area contributed by atoms with Crippen LogP contribution in [0.25, 0.3) is 0 Å². The second kappa shape index (κ2) is 5.92. The third kappa shape index (κ3) is 2.56. The number of nitro groups is 1. The summed E-state index contributed by atoms with van der Waals surface area (Å²) in [7, 11) is 0. The van der Waals surface area contributed by atoms with Crippen molar-refractivity contribution in [2.24, 2.45) is 0 Å². The molecule has 7 nitrogen and oxygen atoms in total. The van der Waals surface area contributed by atoms with Crippen LogP contribution >= 0.6 is 11.8 Å². The number of carbonyl (C=O) groups excluding carboxylic acids is 1. The number of nitro benzene ring substituents is 1. The van der Waals surface area contributed by atoms with Crippen LogP contribution in [0.3, 0.4) is 0 Å². The van der Waals surface area contributed by atoms with Crippen molar-refractivity contribution in [1.82, 2.24) is 0 Å². The number of fused-ring (bicyclic) bond motifs is 1. The number of ether oxygens (including phenoxy) is 2. The van der Waals surface area contributed by atoms with Gasteiger partial charge in [0.1, 0.15) is 11.2 Å². The van der Waals surface area contributed by atoms with Gasteiger partial charge in [0.05, 0.1) is 28.0 Å². The molecule has 9 heteroatoms. The lowest BCUT2D eigenvalue weighted by Gasteiger charge is -2.24. The average molecular weight is 362 g/mol. The molecule has 0 saturated carbocycles. The first-order valence-corrected chi connectivity index (χ1v) is 8.37. The summed E-state index contributed by atoms with van der Waals surface area (Å²) >= 11 is 1.20. The molecule has 1 atom stereocenters. The predicted octanol–water partition coefficient (Wildman–Crippen LogP) is 3.24. The molecule has 1 unspecified atom stereocenters. The minimum Gasteiger partial charge on any atom is -0.454 e. The topological polar surface area (TPSA) is 81.9 Å². The molecule has 1 amide bonds. The van der Waals surface area contributed by atoms with E-state index in [4.69, 9.17) is 9.47 Å². The highest BCUT2D eigenvalue weighted by Gasteiger charge is 2.40. The van der Waals surface area contributed by atoms with Crippen molar-refractivity contribution in [2.45, 2.75) is 5.37 Å². The molecular formula is C16H11FN2O5S. The Labute approximate surface area is 145 Å². The highest BCUT2D eigenvalue weighted by molar-refractivity contribution is 8.00. The van der Waals surface area contributed by atoms with Gasteiger partial charge < -0.3 is 9.47 Å². The number of nitrogens with zero attached hydrogens (tertiary/aromatic N) is 2. The highest BCUT2D eigenvalue weighted by atomic mass is 32.2. The van der Waals surface area contributed by atoms with Crippen molar-refractivity contribution >= 4 is 29.0 Å². The molecule has 2 aromatic carbocycles. The number of para-hydroxylation sites is 1. The van der Waals surface area contributed by atoms with Crippen molar-refractivity contribution < 1.29 is 23.6 Å². The summed E-state index contributed by atoms with van der Waals surface area (Å²) in [5.74, 6) is -0.125. The van der Waals surface area contributed by atoms with Gasteiger partial charge in [-0.15, -0.1) is 11.8 Å². The number of anilines is 1. The lowest BCUT2D eigenvalue weighted by atomic mass is 10.1. The molecule has 0 aliphatic carbocycles. The quantitative estimate of drug-likeness (QED) is 0.616. The van der Waals surface area contributed by atoms with Gasteiger partial charge in [-0.2, -0.15) is 0 Å². The molecule has 0 radical (unpaired) electrons. The summed E-state index contributed by atoms with van der Waals surface area (Å²) in [6.07, 6.45) is 0. The Kier molecular flexibility index (Phi) is 3.72. The fourth-order valence-corrected chi connectivity index (χ4v) is 4.05. The van der Waals surface area contributed by atoms with E-state index in [1.54, 1.807) is 6.07 Å². The molecule has 2 aliphatic heterocycles. The minimum absolute atomic E-state index is 0.0241. The van der Waals surface area contributed by atoms with Crippen LogP contribution < -0.4 is 14.4 Å².